The molecule has 0 aliphatic carbocycles. The van der Waals surface area contributed by atoms with Crippen LogP contribution in [0.3, 0.4) is 0 Å². The van der Waals surface area contributed by atoms with Gasteiger partial charge in [0.05, 0.1) is 42.6 Å². The summed E-state index contributed by atoms with van der Waals surface area (Å²) < 4.78 is 49.4. The maximum Gasteiger partial charge on any atom is 0.416 e. The molecule has 0 saturated carbocycles. The van der Waals surface area contributed by atoms with Gasteiger partial charge in [-0.25, -0.2) is 0 Å². The van der Waals surface area contributed by atoms with E-state index in [4.69, 9.17) is 21.1 Å². The van der Waals surface area contributed by atoms with Crippen molar-refractivity contribution in [1.29, 1.82) is 0 Å². The van der Waals surface area contributed by atoms with E-state index in [0.29, 0.717) is 32.8 Å². The Morgan fingerprint density at radius 1 is 1.17 bits per heavy atom. The third-order valence-corrected chi connectivity index (χ3v) is 5.01. The average molecular weight is 436 g/mol. The Bertz CT molecular complexity index is 756. The van der Waals surface area contributed by atoms with Gasteiger partial charge in [-0.3, -0.25) is 14.5 Å². The maximum atomic E-state index is 12.9. The van der Waals surface area contributed by atoms with Crippen LogP contribution in [0.4, 0.5) is 18.9 Å². The molecule has 0 spiro atoms. The Balaban J connectivity index is 1.57. The monoisotopic (exact) mass is 435 g/mol. The smallest absolute Gasteiger partial charge is 0.378 e. The number of rotatable bonds is 4. The molecule has 3 rings (SSSR count). The molecule has 1 atom stereocenters. The summed E-state index contributed by atoms with van der Waals surface area (Å²) >= 11 is 5.91. The standard InChI is InChI=1S/C18H21ClF3N3O4/c19-13-2-1-12(18(20,21)22)9-14(13)23-16(26)11-24-3-8-29-15(10-24)17(27)25-4-6-28-7-5-25/h1-2,9,15H,3-8,10-11H2,(H,23,26). The van der Waals surface area contributed by atoms with Gasteiger partial charge in [0.1, 0.15) is 6.10 Å². The SMILES string of the molecule is O=C(CN1CCOC(C(=O)N2CCOCC2)C1)Nc1cc(C(F)(F)F)ccc1Cl. The molecule has 1 N–H and O–H groups in total. The lowest BCUT2D eigenvalue weighted by molar-refractivity contribution is -0.154. The Morgan fingerprint density at radius 3 is 2.59 bits per heavy atom. The van der Waals surface area contributed by atoms with Crippen LogP contribution in [0, 0.1) is 0 Å². The van der Waals surface area contributed by atoms with Crippen molar-refractivity contribution in [1.82, 2.24) is 9.80 Å². The van der Waals surface area contributed by atoms with Gasteiger partial charge in [0.25, 0.3) is 5.91 Å². The van der Waals surface area contributed by atoms with E-state index in [1.807, 2.05) is 0 Å². The summed E-state index contributed by atoms with van der Waals surface area (Å²) in [6, 6.07) is 2.73. The number of benzene rings is 1. The number of halogens is 4. The summed E-state index contributed by atoms with van der Waals surface area (Å²) in [5.41, 5.74) is -1.01. The molecule has 0 radical (unpaired) electrons. The van der Waals surface area contributed by atoms with Crippen LogP contribution >= 0.6 is 11.6 Å². The summed E-state index contributed by atoms with van der Waals surface area (Å²) in [6.07, 6.45) is -5.23. The first-order valence-corrected chi connectivity index (χ1v) is 9.49. The van der Waals surface area contributed by atoms with Crippen molar-refractivity contribution in [3.05, 3.63) is 28.8 Å². The van der Waals surface area contributed by atoms with Crippen LogP contribution in [0.25, 0.3) is 0 Å². The summed E-state index contributed by atoms with van der Waals surface area (Å²) in [6.45, 7) is 2.77. The highest BCUT2D eigenvalue weighted by molar-refractivity contribution is 6.33. The molecule has 1 aromatic carbocycles. The first-order chi connectivity index (χ1) is 13.7. The van der Waals surface area contributed by atoms with Crippen molar-refractivity contribution in [2.24, 2.45) is 0 Å². The molecule has 1 aromatic rings. The zero-order valence-corrected chi connectivity index (χ0v) is 16.3. The molecule has 2 heterocycles. The maximum absolute atomic E-state index is 12.9. The highest BCUT2D eigenvalue weighted by Gasteiger charge is 2.33. The number of morpholine rings is 2. The number of carbonyl (C=O) groups is 2. The highest BCUT2D eigenvalue weighted by atomic mass is 35.5. The first kappa shape index (κ1) is 21.8. The molecule has 2 saturated heterocycles. The Morgan fingerprint density at radius 2 is 1.90 bits per heavy atom. The van der Waals surface area contributed by atoms with Crippen molar-refractivity contribution in [3.8, 4) is 0 Å². The second-order valence-corrected chi connectivity index (χ2v) is 7.18. The molecule has 0 aromatic heterocycles. The van der Waals surface area contributed by atoms with Gasteiger partial charge in [0.2, 0.25) is 5.91 Å². The van der Waals surface area contributed by atoms with Gasteiger partial charge in [0.15, 0.2) is 0 Å². The van der Waals surface area contributed by atoms with Gasteiger partial charge in [-0.1, -0.05) is 11.6 Å². The van der Waals surface area contributed by atoms with E-state index in [9.17, 15) is 22.8 Å². The number of nitrogens with zero attached hydrogens (tertiary/aromatic N) is 2. The number of nitrogens with one attached hydrogen (secondary N) is 1. The topological polar surface area (TPSA) is 71.1 Å². The second kappa shape index (κ2) is 9.29. The largest absolute Gasteiger partial charge is 0.416 e. The number of hydrogen-bond acceptors (Lipinski definition) is 5. The molecule has 11 heteroatoms. The summed E-state index contributed by atoms with van der Waals surface area (Å²) in [5, 5.41) is 2.42. The Labute approximate surface area is 170 Å². The molecule has 7 nitrogen and oxygen atoms in total. The number of anilines is 1. The van der Waals surface area contributed by atoms with E-state index < -0.39 is 23.8 Å². The molecule has 0 bridgehead atoms. The van der Waals surface area contributed by atoms with Gasteiger partial charge >= 0.3 is 6.18 Å². The van der Waals surface area contributed by atoms with Crippen LogP contribution in [0.15, 0.2) is 18.2 Å². The minimum atomic E-state index is -4.54. The summed E-state index contributed by atoms with van der Waals surface area (Å²) in [4.78, 5) is 28.3. The molecule has 1 unspecified atom stereocenters. The van der Waals surface area contributed by atoms with E-state index in [1.54, 1.807) is 9.80 Å². The lowest BCUT2D eigenvalue weighted by atomic mass is 10.2. The third-order valence-electron chi connectivity index (χ3n) is 4.68. The van der Waals surface area contributed by atoms with Crippen LogP contribution in [-0.2, 0) is 25.2 Å². The summed E-state index contributed by atoms with van der Waals surface area (Å²) in [7, 11) is 0. The van der Waals surface area contributed by atoms with Crippen LogP contribution in [-0.4, -0.2) is 80.3 Å². The van der Waals surface area contributed by atoms with E-state index in [-0.39, 0.29) is 36.3 Å². The van der Waals surface area contributed by atoms with Gasteiger partial charge in [0, 0.05) is 26.2 Å². The minimum absolute atomic E-state index is 0.00805. The quantitative estimate of drug-likeness (QED) is 0.781. The fourth-order valence-corrected chi connectivity index (χ4v) is 3.34. The molecule has 2 aliphatic heterocycles. The third kappa shape index (κ3) is 5.81. The van der Waals surface area contributed by atoms with Crippen molar-refractivity contribution in [2.45, 2.75) is 12.3 Å². The van der Waals surface area contributed by atoms with Crippen molar-refractivity contribution >= 4 is 29.1 Å². The normalized spacial score (nSPS) is 21.1. The molecular formula is C18H21ClF3N3O4. The number of ether oxygens (including phenoxy) is 2. The fraction of sp³-hybridized carbons (Fsp3) is 0.556. The average Bonchev–Trinajstić information content (AvgIpc) is 2.69. The van der Waals surface area contributed by atoms with Crippen LogP contribution in [0.2, 0.25) is 5.02 Å². The fourth-order valence-electron chi connectivity index (χ4n) is 3.17. The van der Waals surface area contributed by atoms with Gasteiger partial charge in [-0.15, -0.1) is 0 Å². The molecule has 160 valence electrons. The van der Waals surface area contributed by atoms with E-state index in [0.717, 1.165) is 18.2 Å². The highest BCUT2D eigenvalue weighted by Crippen LogP contribution is 2.33. The number of hydrogen-bond donors (Lipinski definition) is 1. The molecule has 29 heavy (non-hydrogen) atoms. The minimum Gasteiger partial charge on any atom is -0.378 e. The van der Waals surface area contributed by atoms with Gasteiger partial charge in [-0.05, 0) is 18.2 Å². The zero-order chi connectivity index (χ0) is 21.0. The van der Waals surface area contributed by atoms with E-state index >= 15 is 0 Å². The van der Waals surface area contributed by atoms with Crippen molar-refractivity contribution < 1.29 is 32.2 Å². The number of amides is 2. The van der Waals surface area contributed by atoms with Crippen LogP contribution in [0.5, 0.6) is 0 Å². The van der Waals surface area contributed by atoms with Crippen LogP contribution in [0.1, 0.15) is 5.56 Å². The molecular weight excluding hydrogens is 415 g/mol. The predicted molar refractivity (Wildman–Crippen MR) is 98.7 cm³/mol. The van der Waals surface area contributed by atoms with Crippen LogP contribution < -0.4 is 5.32 Å². The molecule has 2 fully saturated rings. The Kier molecular flexibility index (Phi) is 6.99. The Hall–Kier alpha value is -1.88. The number of carbonyl (C=O) groups excluding carboxylic acids is 2. The summed E-state index contributed by atoms with van der Waals surface area (Å²) in [5.74, 6) is -0.676. The number of alkyl halides is 3. The van der Waals surface area contributed by atoms with E-state index in [1.165, 1.54) is 0 Å². The van der Waals surface area contributed by atoms with Crippen molar-refractivity contribution in [2.75, 3.05) is 57.9 Å². The lowest BCUT2D eigenvalue weighted by Gasteiger charge is -2.35. The van der Waals surface area contributed by atoms with E-state index in [2.05, 4.69) is 5.32 Å². The van der Waals surface area contributed by atoms with Gasteiger partial charge < -0.3 is 19.7 Å². The van der Waals surface area contributed by atoms with Crippen molar-refractivity contribution in [3.63, 3.8) is 0 Å². The lowest BCUT2D eigenvalue weighted by Crippen LogP contribution is -2.54. The van der Waals surface area contributed by atoms with Gasteiger partial charge in [-0.2, -0.15) is 13.2 Å². The zero-order valence-electron chi connectivity index (χ0n) is 15.5. The first-order valence-electron chi connectivity index (χ1n) is 9.11. The molecule has 2 amide bonds. The molecule has 2 aliphatic rings. The predicted octanol–water partition coefficient (Wildman–Crippen LogP) is 1.86. The second-order valence-electron chi connectivity index (χ2n) is 6.77.